The van der Waals surface area contributed by atoms with Gasteiger partial charge in [0.15, 0.2) is 5.75 Å². The number of anilines is 2. The van der Waals surface area contributed by atoms with Gasteiger partial charge in [-0.05, 0) is 69.8 Å². The summed E-state index contributed by atoms with van der Waals surface area (Å²) in [6, 6.07) is 4.81. The van der Waals surface area contributed by atoms with Gasteiger partial charge in [-0.2, -0.15) is 13.2 Å². The van der Waals surface area contributed by atoms with Gasteiger partial charge in [-0.3, -0.25) is 14.6 Å². The van der Waals surface area contributed by atoms with Crippen LogP contribution in [0, 0.1) is 0 Å². The summed E-state index contributed by atoms with van der Waals surface area (Å²) in [4.78, 5) is 49.6. The van der Waals surface area contributed by atoms with E-state index in [1.165, 1.54) is 31.1 Å². The number of imide groups is 1. The molecule has 0 spiro atoms. The fourth-order valence-corrected chi connectivity index (χ4v) is 5.07. The number of piperazine rings is 1. The molecule has 3 heterocycles. The molecule has 2 fully saturated rings. The first-order valence-corrected chi connectivity index (χ1v) is 13.7. The van der Waals surface area contributed by atoms with Crippen LogP contribution in [-0.2, 0) is 16.1 Å². The van der Waals surface area contributed by atoms with Crippen molar-refractivity contribution < 1.29 is 45.5 Å². The van der Waals surface area contributed by atoms with Crippen molar-refractivity contribution in [1.82, 2.24) is 19.7 Å². The molecule has 4 amide bonds. The first-order valence-electron chi connectivity index (χ1n) is 13.7. The number of nitrogens with zero attached hydrogens (tertiary/aromatic N) is 6. The zero-order valence-corrected chi connectivity index (χ0v) is 24.3. The highest BCUT2D eigenvalue weighted by molar-refractivity contribution is 6.23. The fourth-order valence-electron chi connectivity index (χ4n) is 5.07. The number of pyridine rings is 1. The minimum Gasteiger partial charge on any atom is -0.404 e. The first kappa shape index (κ1) is 33.0. The van der Waals surface area contributed by atoms with Crippen molar-refractivity contribution in [3.05, 3.63) is 48.3 Å². The van der Waals surface area contributed by atoms with Gasteiger partial charge in [0, 0.05) is 51.7 Å². The molecular formula is C28H32F6N6O4. The highest BCUT2D eigenvalue weighted by Gasteiger charge is 2.52. The Hall–Kier alpha value is -3.92. The Kier molecular flexibility index (Phi) is 9.44. The van der Waals surface area contributed by atoms with Crippen molar-refractivity contribution in [1.29, 1.82) is 0 Å². The number of carbonyl (C=O) groups excluding carboxylic acids is 3. The van der Waals surface area contributed by atoms with E-state index in [1.54, 1.807) is 12.1 Å². The number of alkyl halides is 6. The van der Waals surface area contributed by atoms with Crippen molar-refractivity contribution in [2.24, 2.45) is 0 Å². The third kappa shape index (κ3) is 7.41. The summed E-state index contributed by atoms with van der Waals surface area (Å²) in [6.45, 7) is 5.30. The lowest BCUT2D eigenvalue weighted by atomic mass is 10.0. The number of hydrogen-bond acceptors (Lipinski definition) is 7. The molecule has 10 nitrogen and oxygen atoms in total. The Labute approximate surface area is 249 Å². The second-order valence-corrected chi connectivity index (χ2v) is 11.1. The van der Waals surface area contributed by atoms with Gasteiger partial charge in [-0.15, -0.1) is 13.2 Å². The molecule has 0 unspecified atom stereocenters. The maximum absolute atomic E-state index is 13.8. The molecule has 4 rings (SSSR count). The number of urea groups is 1. The standard InChI is InChI=1S/C28H32F6N6O4/c1-26(2)23(41)40(25(43)39(26)18-19-7-9-35-10-8-19)20-5-6-22(44-28(32,33)34)21(17-20)38(24(42)27(29,30)31)12-4-11-37-15-13-36(3)14-16-37/h5-10,17H,4,11-16,18H2,1-3H3. The highest BCUT2D eigenvalue weighted by Crippen LogP contribution is 2.41. The molecule has 1 aromatic carbocycles. The Balaban J connectivity index is 1.71. The number of aromatic nitrogens is 1. The lowest BCUT2D eigenvalue weighted by Crippen LogP contribution is -2.46. The molecule has 0 atom stereocenters. The van der Waals surface area contributed by atoms with Crippen LogP contribution in [0.15, 0.2) is 42.7 Å². The molecule has 1 aromatic heterocycles. The second kappa shape index (κ2) is 12.6. The van der Waals surface area contributed by atoms with E-state index in [2.05, 4.69) is 14.6 Å². The summed E-state index contributed by atoms with van der Waals surface area (Å²) >= 11 is 0. The average Bonchev–Trinajstić information content (AvgIpc) is 3.10. The van der Waals surface area contributed by atoms with Gasteiger partial charge in [0.1, 0.15) is 5.54 Å². The summed E-state index contributed by atoms with van der Waals surface area (Å²) in [5.74, 6) is -4.28. The van der Waals surface area contributed by atoms with Crippen molar-refractivity contribution in [2.45, 2.75) is 44.9 Å². The zero-order chi connectivity index (χ0) is 32.4. The SMILES string of the molecule is CN1CCN(CCCN(C(=O)C(F)(F)F)c2cc(N3C(=O)N(Cc4ccncc4)C(C)(C)C3=O)ccc2OC(F)(F)F)CC1. The molecule has 0 aliphatic carbocycles. The second-order valence-electron chi connectivity index (χ2n) is 11.1. The van der Waals surface area contributed by atoms with E-state index in [0.29, 0.717) is 29.6 Å². The quantitative estimate of drug-likeness (QED) is 0.302. The van der Waals surface area contributed by atoms with Gasteiger partial charge in [0.2, 0.25) is 0 Å². The van der Waals surface area contributed by atoms with Crippen LogP contribution >= 0.6 is 0 Å². The van der Waals surface area contributed by atoms with Gasteiger partial charge >= 0.3 is 24.5 Å². The number of halogens is 6. The molecule has 0 radical (unpaired) electrons. The number of amides is 4. The molecule has 2 saturated heterocycles. The van der Waals surface area contributed by atoms with Crippen LogP contribution < -0.4 is 14.5 Å². The van der Waals surface area contributed by atoms with Crippen molar-refractivity contribution in [3.8, 4) is 5.75 Å². The van der Waals surface area contributed by atoms with Gasteiger partial charge in [-0.25, -0.2) is 9.69 Å². The van der Waals surface area contributed by atoms with E-state index in [9.17, 15) is 40.7 Å². The first-order chi connectivity index (χ1) is 20.5. The van der Waals surface area contributed by atoms with Crippen molar-refractivity contribution >= 4 is 29.2 Å². The Bertz CT molecular complexity index is 1360. The topological polar surface area (TPSA) is 89.5 Å². The van der Waals surface area contributed by atoms with Crippen LogP contribution in [0.4, 0.5) is 42.5 Å². The van der Waals surface area contributed by atoms with Crippen LogP contribution in [-0.4, -0.2) is 102 Å². The van der Waals surface area contributed by atoms with E-state index < -0.39 is 53.9 Å². The fraction of sp³-hybridized carbons (Fsp3) is 0.500. The van der Waals surface area contributed by atoms with E-state index in [-0.39, 0.29) is 30.1 Å². The van der Waals surface area contributed by atoms with E-state index >= 15 is 0 Å². The molecule has 2 aromatic rings. The average molecular weight is 631 g/mol. The maximum Gasteiger partial charge on any atom is 0.573 e. The zero-order valence-electron chi connectivity index (χ0n) is 24.3. The minimum atomic E-state index is -5.44. The number of rotatable bonds is 9. The third-order valence-corrected chi connectivity index (χ3v) is 7.57. The smallest absolute Gasteiger partial charge is 0.404 e. The molecule has 2 aliphatic heterocycles. The number of carbonyl (C=O) groups is 3. The molecule has 2 aliphatic rings. The Morgan fingerprint density at radius 2 is 1.64 bits per heavy atom. The van der Waals surface area contributed by atoms with Crippen molar-refractivity contribution in [2.75, 3.05) is 56.1 Å². The van der Waals surface area contributed by atoms with E-state index in [0.717, 1.165) is 25.2 Å². The van der Waals surface area contributed by atoms with E-state index in [1.807, 2.05) is 11.9 Å². The molecule has 0 saturated carbocycles. The lowest BCUT2D eigenvalue weighted by Gasteiger charge is -2.33. The summed E-state index contributed by atoms with van der Waals surface area (Å²) in [5, 5.41) is 0. The highest BCUT2D eigenvalue weighted by atomic mass is 19.4. The maximum atomic E-state index is 13.8. The summed E-state index contributed by atoms with van der Waals surface area (Å²) in [7, 11) is 1.92. The van der Waals surface area contributed by atoms with Crippen molar-refractivity contribution in [3.63, 3.8) is 0 Å². The predicted octanol–water partition coefficient (Wildman–Crippen LogP) is 4.26. The summed E-state index contributed by atoms with van der Waals surface area (Å²) < 4.78 is 85.3. The molecule has 0 bridgehead atoms. The largest absolute Gasteiger partial charge is 0.573 e. The molecule has 44 heavy (non-hydrogen) atoms. The number of hydrogen-bond donors (Lipinski definition) is 0. The number of likely N-dealkylation sites (N-methyl/N-ethyl adjacent to an activating group) is 1. The van der Waals surface area contributed by atoms with Crippen LogP contribution in [0.5, 0.6) is 5.75 Å². The Morgan fingerprint density at radius 1 is 1.00 bits per heavy atom. The van der Waals surface area contributed by atoms with Crippen LogP contribution in [0.3, 0.4) is 0 Å². The molecule has 240 valence electrons. The summed E-state index contributed by atoms with van der Waals surface area (Å²) in [5.41, 5.74) is -2.00. The van der Waals surface area contributed by atoms with Crippen LogP contribution in [0.2, 0.25) is 0 Å². The number of ether oxygens (including phenoxy) is 1. The lowest BCUT2D eigenvalue weighted by molar-refractivity contribution is -0.274. The summed E-state index contributed by atoms with van der Waals surface area (Å²) in [6.07, 6.45) is -7.78. The van der Waals surface area contributed by atoms with Crippen LogP contribution in [0.25, 0.3) is 0 Å². The Morgan fingerprint density at radius 3 is 2.23 bits per heavy atom. The number of benzene rings is 1. The van der Waals surface area contributed by atoms with Gasteiger partial charge in [0.05, 0.1) is 11.4 Å². The normalized spacial score (nSPS) is 18.2. The van der Waals surface area contributed by atoms with Gasteiger partial charge in [-0.1, -0.05) is 0 Å². The third-order valence-electron chi connectivity index (χ3n) is 7.57. The molecular weight excluding hydrogens is 598 g/mol. The van der Waals surface area contributed by atoms with Gasteiger partial charge in [0.25, 0.3) is 5.91 Å². The molecule has 0 N–H and O–H groups in total. The predicted molar refractivity (Wildman–Crippen MR) is 147 cm³/mol. The molecule has 16 heteroatoms. The minimum absolute atomic E-state index is 0.00443. The van der Waals surface area contributed by atoms with Gasteiger partial charge < -0.3 is 24.3 Å². The van der Waals surface area contributed by atoms with Crippen LogP contribution in [0.1, 0.15) is 25.8 Å². The monoisotopic (exact) mass is 630 g/mol. The van der Waals surface area contributed by atoms with E-state index in [4.69, 9.17) is 0 Å².